The maximum atomic E-state index is 6.47. The Labute approximate surface area is 202 Å². The minimum Gasteiger partial charge on any atom is -0.478 e. The second kappa shape index (κ2) is 10.9. The zero-order chi connectivity index (χ0) is 23.2. The van der Waals surface area contributed by atoms with E-state index in [2.05, 4.69) is 77.7 Å². The first-order valence-corrected chi connectivity index (χ1v) is 12.4. The second-order valence-electron chi connectivity index (χ2n) is 8.91. The number of piperidine rings is 1. The summed E-state index contributed by atoms with van der Waals surface area (Å²) >= 11 is 0. The quantitative estimate of drug-likeness (QED) is 0.206. The number of fused-ring (bicyclic) bond motifs is 2. The van der Waals surface area contributed by atoms with E-state index in [1.165, 1.54) is 46.4 Å². The summed E-state index contributed by atoms with van der Waals surface area (Å²) in [6.45, 7) is 5.71. The first-order chi connectivity index (χ1) is 16.8. The molecule has 0 radical (unpaired) electrons. The number of rotatable bonds is 9. The highest BCUT2D eigenvalue weighted by Crippen LogP contribution is 2.36. The first kappa shape index (κ1) is 22.7. The van der Waals surface area contributed by atoms with Crippen molar-refractivity contribution in [2.75, 3.05) is 33.2 Å². The Morgan fingerprint density at radius 1 is 0.676 bits per heavy atom. The smallest absolute Gasteiger partial charge is 0.189 e. The molecule has 5 rings (SSSR count). The summed E-state index contributed by atoms with van der Waals surface area (Å²) in [4.78, 5) is 2.41. The molecule has 0 aliphatic carbocycles. The van der Waals surface area contributed by atoms with Crippen molar-refractivity contribution in [3.8, 4) is 11.5 Å². The molecule has 0 bridgehead atoms. The van der Waals surface area contributed by atoms with Crippen molar-refractivity contribution in [1.29, 1.82) is 0 Å². The molecule has 4 aromatic carbocycles. The van der Waals surface area contributed by atoms with Gasteiger partial charge in [-0.05, 0) is 53.4 Å². The molecule has 1 fully saturated rings. The van der Waals surface area contributed by atoms with Crippen molar-refractivity contribution in [3.05, 3.63) is 83.9 Å². The summed E-state index contributed by atoms with van der Waals surface area (Å²) in [7, 11) is 0. The summed E-state index contributed by atoms with van der Waals surface area (Å²) in [5.74, 6) is 1.81. The second-order valence-corrected chi connectivity index (χ2v) is 8.91. The minimum atomic E-state index is 0.246. The van der Waals surface area contributed by atoms with Gasteiger partial charge in [-0.2, -0.15) is 0 Å². The van der Waals surface area contributed by atoms with Crippen molar-refractivity contribution in [2.24, 2.45) is 0 Å². The van der Waals surface area contributed by atoms with E-state index in [4.69, 9.17) is 14.2 Å². The van der Waals surface area contributed by atoms with Crippen LogP contribution in [-0.4, -0.2) is 38.1 Å². The van der Waals surface area contributed by atoms with Crippen LogP contribution in [0.15, 0.2) is 72.8 Å². The summed E-state index contributed by atoms with van der Waals surface area (Å²) in [5.41, 5.74) is 2.37. The van der Waals surface area contributed by atoms with Crippen molar-refractivity contribution in [3.63, 3.8) is 0 Å². The van der Waals surface area contributed by atoms with Gasteiger partial charge in [0.15, 0.2) is 6.79 Å². The fourth-order valence-electron chi connectivity index (χ4n) is 4.88. The molecule has 1 aliphatic heterocycles. The van der Waals surface area contributed by atoms with Gasteiger partial charge in [0.2, 0.25) is 0 Å². The highest BCUT2D eigenvalue weighted by atomic mass is 16.7. The number of hydrogen-bond donors (Lipinski definition) is 0. The molecule has 4 nitrogen and oxygen atoms in total. The molecule has 0 atom stereocenters. The van der Waals surface area contributed by atoms with Gasteiger partial charge in [0.25, 0.3) is 0 Å². The fourth-order valence-corrected chi connectivity index (χ4v) is 4.88. The highest BCUT2D eigenvalue weighted by molar-refractivity contribution is 5.91. The van der Waals surface area contributed by atoms with Crippen molar-refractivity contribution >= 4 is 21.5 Å². The van der Waals surface area contributed by atoms with Gasteiger partial charge in [-0.1, -0.05) is 67.1 Å². The predicted octanol–water partition coefficient (Wildman–Crippen LogP) is 6.78. The molecule has 0 amide bonds. The topological polar surface area (TPSA) is 30.9 Å². The van der Waals surface area contributed by atoms with Crippen LogP contribution in [0, 0.1) is 0 Å². The van der Waals surface area contributed by atoms with Gasteiger partial charge in [0, 0.05) is 37.2 Å². The average molecular weight is 456 g/mol. The number of benzene rings is 4. The Hall–Kier alpha value is -3.08. The SMILES string of the molecule is CCOCOc1ccc2ccccc2c1Cc1c(OCN2CCCCC2)ccc2ccccc12. The molecule has 0 saturated carbocycles. The van der Waals surface area contributed by atoms with Gasteiger partial charge in [0.1, 0.15) is 18.2 Å². The lowest BCUT2D eigenvalue weighted by atomic mass is 9.93. The number of nitrogens with zero attached hydrogens (tertiary/aromatic N) is 1. The molecular weight excluding hydrogens is 422 g/mol. The molecule has 176 valence electrons. The van der Waals surface area contributed by atoms with Gasteiger partial charge in [-0.25, -0.2) is 0 Å². The van der Waals surface area contributed by atoms with E-state index in [-0.39, 0.29) is 6.79 Å². The fraction of sp³-hybridized carbons (Fsp3) is 0.333. The molecule has 0 unspecified atom stereocenters. The third-order valence-electron chi connectivity index (χ3n) is 6.70. The predicted molar refractivity (Wildman–Crippen MR) is 139 cm³/mol. The number of ether oxygens (including phenoxy) is 3. The number of hydrogen-bond acceptors (Lipinski definition) is 4. The van der Waals surface area contributed by atoms with Gasteiger partial charge in [-0.15, -0.1) is 0 Å². The minimum absolute atomic E-state index is 0.246. The highest BCUT2D eigenvalue weighted by Gasteiger charge is 2.17. The zero-order valence-electron chi connectivity index (χ0n) is 20.0. The van der Waals surface area contributed by atoms with E-state index in [1.54, 1.807) is 0 Å². The molecule has 4 aromatic rings. The summed E-state index contributed by atoms with van der Waals surface area (Å²) < 4.78 is 18.1. The maximum Gasteiger partial charge on any atom is 0.189 e. The van der Waals surface area contributed by atoms with Crippen LogP contribution >= 0.6 is 0 Å². The Kier molecular flexibility index (Phi) is 7.28. The van der Waals surface area contributed by atoms with Crippen LogP contribution in [0.25, 0.3) is 21.5 Å². The Morgan fingerprint density at radius 2 is 1.26 bits per heavy atom. The van der Waals surface area contributed by atoms with Crippen LogP contribution in [0.3, 0.4) is 0 Å². The van der Waals surface area contributed by atoms with Crippen LogP contribution < -0.4 is 9.47 Å². The Bertz CT molecular complexity index is 1250. The van der Waals surface area contributed by atoms with E-state index in [0.717, 1.165) is 36.6 Å². The lowest BCUT2D eigenvalue weighted by molar-refractivity contribution is 0.0220. The van der Waals surface area contributed by atoms with Crippen LogP contribution in [-0.2, 0) is 11.2 Å². The molecule has 34 heavy (non-hydrogen) atoms. The van der Waals surface area contributed by atoms with Crippen molar-refractivity contribution in [2.45, 2.75) is 32.6 Å². The number of likely N-dealkylation sites (tertiary alicyclic amines) is 1. The van der Waals surface area contributed by atoms with Crippen molar-refractivity contribution in [1.82, 2.24) is 4.90 Å². The van der Waals surface area contributed by atoms with Gasteiger partial charge in [-0.3, -0.25) is 4.90 Å². The molecule has 4 heteroatoms. The average Bonchev–Trinajstić information content (AvgIpc) is 2.90. The van der Waals surface area contributed by atoms with Crippen LogP contribution in [0.1, 0.15) is 37.3 Å². The third-order valence-corrected chi connectivity index (χ3v) is 6.70. The van der Waals surface area contributed by atoms with Gasteiger partial charge in [0.05, 0.1) is 0 Å². The van der Waals surface area contributed by atoms with E-state index in [0.29, 0.717) is 13.3 Å². The summed E-state index contributed by atoms with van der Waals surface area (Å²) in [6.07, 6.45) is 4.55. The first-order valence-electron chi connectivity index (χ1n) is 12.4. The molecule has 1 aliphatic rings. The summed E-state index contributed by atoms with van der Waals surface area (Å²) in [5, 5.41) is 4.85. The molecule has 0 aromatic heterocycles. The maximum absolute atomic E-state index is 6.47. The lowest BCUT2D eigenvalue weighted by Crippen LogP contribution is -2.33. The summed E-state index contributed by atoms with van der Waals surface area (Å²) in [6, 6.07) is 25.6. The van der Waals surface area contributed by atoms with Gasteiger partial charge >= 0.3 is 0 Å². The Balaban J connectivity index is 1.55. The van der Waals surface area contributed by atoms with Gasteiger partial charge < -0.3 is 14.2 Å². The molecule has 0 N–H and O–H groups in total. The molecule has 0 spiro atoms. The van der Waals surface area contributed by atoms with E-state index in [9.17, 15) is 0 Å². The molecule has 1 saturated heterocycles. The van der Waals surface area contributed by atoms with Crippen LogP contribution in [0.5, 0.6) is 11.5 Å². The molecule has 1 heterocycles. The molecular formula is C30H33NO3. The van der Waals surface area contributed by atoms with E-state index >= 15 is 0 Å². The standard InChI is InChI=1S/C30H33NO3/c1-2-32-22-34-30-17-15-24-11-5-7-13-26(24)28(30)20-27-25-12-6-4-10-23(25)14-16-29(27)33-21-31-18-8-3-9-19-31/h4-7,10-17H,2-3,8-9,18-22H2,1H3. The Morgan fingerprint density at radius 3 is 1.88 bits per heavy atom. The van der Waals surface area contributed by atoms with Crippen LogP contribution in [0.2, 0.25) is 0 Å². The van der Waals surface area contributed by atoms with Crippen molar-refractivity contribution < 1.29 is 14.2 Å². The van der Waals surface area contributed by atoms with Crippen LogP contribution in [0.4, 0.5) is 0 Å². The normalized spacial score (nSPS) is 14.5. The zero-order valence-corrected chi connectivity index (χ0v) is 20.0. The lowest BCUT2D eigenvalue weighted by Gasteiger charge is -2.27. The van der Waals surface area contributed by atoms with E-state index in [1.807, 2.05) is 6.92 Å². The third kappa shape index (κ3) is 5.03. The monoisotopic (exact) mass is 455 g/mol. The van der Waals surface area contributed by atoms with E-state index < -0.39 is 0 Å². The largest absolute Gasteiger partial charge is 0.478 e.